The van der Waals surface area contributed by atoms with Crippen LogP contribution in [0.5, 0.6) is 5.75 Å². The van der Waals surface area contributed by atoms with Crippen LogP contribution in [0.2, 0.25) is 0 Å². The lowest BCUT2D eigenvalue weighted by atomic mass is 10.2. The number of ether oxygens (including phenoxy) is 1. The lowest BCUT2D eigenvalue weighted by Crippen LogP contribution is -2.51. The Balaban J connectivity index is 1.89. The lowest BCUT2D eigenvalue weighted by Gasteiger charge is -2.34. The number of rotatable bonds is 1. The molecule has 1 saturated heterocycles. The van der Waals surface area contributed by atoms with Crippen molar-refractivity contribution < 1.29 is 9.53 Å². The number of likely N-dealkylation sites (tertiary alicyclic amines) is 1. The average Bonchev–Trinajstić information content (AvgIpc) is 2.14. The smallest absolute Gasteiger partial charge is 0.410 e. The number of carbonyl (C=O) groups excluding carboxylic acids is 1. The van der Waals surface area contributed by atoms with E-state index in [0.29, 0.717) is 9.67 Å². The molecule has 1 aliphatic rings. The molecule has 0 aromatic heterocycles. The second-order valence-electron chi connectivity index (χ2n) is 3.18. The van der Waals surface area contributed by atoms with Crippen molar-refractivity contribution in [2.45, 2.75) is 3.92 Å². The summed E-state index contributed by atoms with van der Waals surface area (Å²) in [4.78, 5) is 13.1. The van der Waals surface area contributed by atoms with Gasteiger partial charge in [0, 0.05) is 17.0 Å². The molecule has 0 spiro atoms. The van der Waals surface area contributed by atoms with Crippen LogP contribution in [0.25, 0.3) is 0 Å². The maximum Gasteiger partial charge on any atom is 0.415 e. The van der Waals surface area contributed by atoms with E-state index in [-0.39, 0.29) is 6.09 Å². The molecule has 1 aliphatic heterocycles. The van der Waals surface area contributed by atoms with Crippen LogP contribution in [-0.2, 0) is 0 Å². The fourth-order valence-electron chi connectivity index (χ4n) is 1.23. The van der Waals surface area contributed by atoms with E-state index in [0.717, 1.165) is 13.1 Å². The van der Waals surface area contributed by atoms with Gasteiger partial charge in [-0.1, -0.05) is 40.8 Å². The van der Waals surface area contributed by atoms with E-state index in [1.165, 1.54) is 0 Å². The van der Waals surface area contributed by atoms with Crippen molar-refractivity contribution in [1.29, 1.82) is 0 Å². The van der Waals surface area contributed by atoms with E-state index in [9.17, 15) is 4.79 Å². The minimum Gasteiger partial charge on any atom is -0.410 e. The maximum absolute atomic E-state index is 11.4. The van der Waals surface area contributed by atoms with Crippen LogP contribution in [0.1, 0.15) is 0 Å². The molecule has 14 heavy (non-hydrogen) atoms. The molecule has 0 unspecified atom stereocenters. The van der Waals surface area contributed by atoms with Crippen molar-refractivity contribution in [3.8, 4) is 5.75 Å². The number of halogens is 1. The van der Waals surface area contributed by atoms with Crippen LogP contribution in [0.15, 0.2) is 30.3 Å². The molecule has 3 nitrogen and oxygen atoms in total. The van der Waals surface area contributed by atoms with Crippen molar-refractivity contribution in [3.05, 3.63) is 30.3 Å². The van der Waals surface area contributed by atoms with Crippen molar-refractivity contribution in [2.75, 3.05) is 13.1 Å². The summed E-state index contributed by atoms with van der Waals surface area (Å²) in [6.07, 6.45) is -0.246. The van der Waals surface area contributed by atoms with Gasteiger partial charge in [0.25, 0.3) is 0 Å². The number of alkyl halides is 1. The molecule has 1 aromatic carbocycles. The first-order chi connectivity index (χ1) is 6.75. The summed E-state index contributed by atoms with van der Waals surface area (Å²) in [7, 11) is 0. The van der Waals surface area contributed by atoms with E-state index >= 15 is 0 Å². The van der Waals surface area contributed by atoms with Crippen molar-refractivity contribution in [1.82, 2.24) is 4.90 Å². The summed E-state index contributed by atoms with van der Waals surface area (Å²) >= 11 is 2.32. The van der Waals surface area contributed by atoms with Gasteiger partial charge >= 0.3 is 6.09 Å². The van der Waals surface area contributed by atoms with Gasteiger partial charge in [-0.05, 0) is 12.1 Å². The highest BCUT2D eigenvalue weighted by atomic mass is 127. The molecule has 0 N–H and O–H groups in total. The van der Waals surface area contributed by atoms with E-state index in [4.69, 9.17) is 4.74 Å². The molecule has 4 heteroatoms. The first kappa shape index (κ1) is 9.76. The Bertz CT molecular complexity index is 322. The highest BCUT2D eigenvalue weighted by Crippen LogP contribution is 2.18. The number of amides is 1. The monoisotopic (exact) mass is 303 g/mol. The van der Waals surface area contributed by atoms with Crippen LogP contribution in [0, 0.1) is 0 Å². The van der Waals surface area contributed by atoms with Crippen molar-refractivity contribution >= 4 is 28.7 Å². The van der Waals surface area contributed by atoms with E-state index in [1.54, 1.807) is 17.0 Å². The first-order valence-corrected chi connectivity index (χ1v) is 5.66. The van der Waals surface area contributed by atoms with Crippen molar-refractivity contribution in [2.24, 2.45) is 0 Å². The molecule has 0 aliphatic carbocycles. The average molecular weight is 303 g/mol. The summed E-state index contributed by atoms with van der Waals surface area (Å²) in [5, 5.41) is 0. The van der Waals surface area contributed by atoms with Crippen LogP contribution >= 0.6 is 22.6 Å². The summed E-state index contributed by atoms with van der Waals surface area (Å²) in [5.41, 5.74) is 0. The Kier molecular flexibility index (Phi) is 2.90. The topological polar surface area (TPSA) is 29.5 Å². The van der Waals surface area contributed by atoms with E-state index in [1.807, 2.05) is 18.2 Å². The molecule has 0 atom stereocenters. The van der Waals surface area contributed by atoms with Gasteiger partial charge in [-0.3, -0.25) is 0 Å². The van der Waals surface area contributed by atoms with Gasteiger partial charge in [-0.25, -0.2) is 4.79 Å². The van der Waals surface area contributed by atoms with Crippen molar-refractivity contribution in [3.63, 3.8) is 0 Å². The van der Waals surface area contributed by atoms with Gasteiger partial charge in [0.2, 0.25) is 0 Å². The zero-order valence-electron chi connectivity index (χ0n) is 7.52. The largest absolute Gasteiger partial charge is 0.415 e. The predicted octanol–water partition coefficient (Wildman–Crippen LogP) is 2.30. The number of para-hydroxylation sites is 1. The Labute approximate surface area is 96.2 Å². The number of hydrogen-bond donors (Lipinski definition) is 0. The van der Waals surface area contributed by atoms with Crippen LogP contribution < -0.4 is 4.74 Å². The van der Waals surface area contributed by atoms with Gasteiger partial charge in [0.15, 0.2) is 0 Å². The van der Waals surface area contributed by atoms with E-state index in [2.05, 4.69) is 22.6 Å². The summed E-state index contributed by atoms with van der Waals surface area (Å²) in [6, 6.07) is 9.14. The SMILES string of the molecule is O=C(Oc1ccccc1)N1CC(I)C1. The number of hydrogen-bond acceptors (Lipinski definition) is 2. The maximum atomic E-state index is 11.4. The van der Waals surface area contributed by atoms with Gasteiger partial charge in [0.1, 0.15) is 5.75 Å². The Morgan fingerprint density at radius 3 is 2.57 bits per heavy atom. The molecule has 0 saturated carbocycles. The predicted molar refractivity (Wildman–Crippen MR) is 61.8 cm³/mol. The van der Waals surface area contributed by atoms with Crippen LogP contribution in [0.4, 0.5) is 4.79 Å². The zero-order valence-corrected chi connectivity index (χ0v) is 9.68. The normalized spacial score (nSPS) is 16.2. The standard InChI is InChI=1S/C10H10INO2/c11-8-6-12(7-8)10(13)14-9-4-2-1-3-5-9/h1-5,8H,6-7H2. The Hall–Kier alpha value is -0.780. The molecule has 1 fully saturated rings. The lowest BCUT2D eigenvalue weighted by molar-refractivity contribution is 0.130. The highest BCUT2D eigenvalue weighted by molar-refractivity contribution is 14.1. The third-order valence-corrected chi connectivity index (χ3v) is 2.83. The number of benzene rings is 1. The summed E-state index contributed by atoms with van der Waals surface area (Å²) in [5.74, 6) is 0.606. The first-order valence-electron chi connectivity index (χ1n) is 4.41. The van der Waals surface area contributed by atoms with Crippen LogP contribution in [-0.4, -0.2) is 28.0 Å². The van der Waals surface area contributed by atoms with Gasteiger partial charge < -0.3 is 9.64 Å². The van der Waals surface area contributed by atoms with Gasteiger partial charge in [-0.15, -0.1) is 0 Å². The van der Waals surface area contributed by atoms with Crippen LogP contribution in [0.3, 0.4) is 0 Å². The fraction of sp³-hybridized carbons (Fsp3) is 0.300. The molecular formula is C10H10INO2. The second kappa shape index (κ2) is 4.16. The quantitative estimate of drug-likeness (QED) is 0.588. The summed E-state index contributed by atoms with van der Waals surface area (Å²) < 4.78 is 5.73. The molecular weight excluding hydrogens is 293 g/mol. The molecule has 0 bridgehead atoms. The molecule has 0 radical (unpaired) electrons. The number of nitrogens with zero attached hydrogens (tertiary/aromatic N) is 1. The number of carbonyl (C=O) groups is 1. The Morgan fingerprint density at radius 1 is 1.36 bits per heavy atom. The molecule has 1 heterocycles. The Morgan fingerprint density at radius 2 is 2.00 bits per heavy atom. The highest BCUT2D eigenvalue weighted by Gasteiger charge is 2.29. The summed E-state index contributed by atoms with van der Waals surface area (Å²) in [6.45, 7) is 1.60. The minimum atomic E-state index is -0.246. The zero-order chi connectivity index (χ0) is 9.97. The molecule has 2 rings (SSSR count). The minimum absolute atomic E-state index is 0.246. The van der Waals surface area contributed by atoms with E-state index < -0.39 is 0 Å². The molecule has 1 amide bonds. The fourth-order valence-corrected chi connectivity index (χ4v) is 2.18. The van der Waals surface area contributed by atoms with Gasteiger partial charge in [0.05, 0.1) is 0 Å². The second-order valence-corrected chi connectivity index (χ2v) is 4.94. The third-order valence-electron chi connectivity index (χ3n) is 2.04. The van der Waals surface area contributed by atoms with Gasteiger partial charge in [-0.2, -0.15) is 0 Å². The molecule has 1 aromatic rings. The third kappa shape index (κ3) is 2.17. The molecule has 74 valence electrons.